The van der Waals surface area contributed by atoms with E-state index in [-0.39, 0.29) is 0 Å². The van der Waals surface area contributed by atoms with Crippen molar-refractivity contribution in [2.75, 3.05) is 18.8 Å². The maximum absolute atomic E-state index is 5.33. The molecule has 0 aliphatic rings. The van der Waals surface area contributed by atoms with Gasteiger partial charge >= 0.3 is 0 Å². The van der Waals surface area contributed by atoms with Crippen molar-refractivity contribution in [3.8, 4) is 12.3 Å². The molecule has 0 spiro atoms. The Bertz CT molecular complexity index is 136. The molecular weight excluding hydrogens is 140 g/mol. The second-order valence-electron chi connectivity index (χ2n) is 3.59. The van der Waals surface area contributed by atoms with Crippen LogP contribution in [0.1, 0.15) is 13.8 Å². The Kier molecular flexibility index (Phi) is 3.31. The van der Waals surface area contributed by atoms with E-state index in [1.165, 1.54) is 0 Å². The fraction of sp³-hybridized carbons (Fsp3) is 0.778. The zero-order chi connectivity index (χ0) is 8.36. The summed E-state index contributed by atoms with van der Waals surface area (Å²) in [5.41, 5.74) is 0. The minimum atomic E-state index is -0.457. The van der Waals surface area contributed by atoms with Crippen LogP contribution in [0.25, 0.3) is 0 Å². The van der Waals surface area contributed by atoms with E-state index in [2.05, 4.69) is 38.5 Å². The zero-order valence-corrected chi connectivity index (χ0v) is 8.46. The quantitative estimate of drug-likeness (QED) is 0.541. The van der Waals surface area contributed by atoms with Gasteiger partial charge in [-0.25, -0.2) is 10.0 Å². The molecule has 0 nitrogen and oxygen atoms in total. The molecule has 0 saturated heterocycles. The van der Waals surface area contributed by atoms with Crippen LogP contribution in [0.5, 0.6) is 0 Å². The first-order chi connectivity index (χ1) is 4.39. The van der Waals surface area contributed by atoms with Crippen molar-refractivity contribution in [3.63, 3.8) is 0 Å². The van der Waals surface area contributed by atoms with Gasteiger partial charge in [-0.1, -0.05) is 13.8 Å². The van der Waals surface area contributed by atoms with Crippen molar-refractivity contribution in [3.05, 3.63) is 0 Å². The van der Waals surface area contributed by atoms with E-state index < -0.39 is 10.0 Å². The lowest BCUT2D eigenvalue weighted by molar-refractivity contribution is 0.736. The molecule has 0 bridgehead atoms. The smallest absolute Gasteiger partial charge is 0.0273 e. The molecule has 1 heteroatoms. The summed E-state index contributed by atoms with van der Waals surface area (Å²) in [6, 6.07) is 0. The van der Waals surface area contributed by atoms with E-state index in [9.17, 15) is 0 Å². The standard InChI is InChI=1S/C9H18S/c1-7-8(2)9(3)10(4,5)6/h1,8-9H,2-6H3/t8?,9-/m1/s1. The van der Waals surface area contributed by atoms with Crippen LogP contribution in [0, 0.1) is 18.3 Å². The molecular formula is C9H18S. The van der Waals surface area contributed by atoms with Crippen LogP contribution < -0.4 is 0 Å². The molecule has 0 radical (unpaired) electrons. The highest BCUT2D eigenvalue weighted by atomic mass is 32.3. The molecule has 0 N–H and O–H groups in total. The highest BCUT2D eigenvalue weighted by Crippen LogP contribution is 2.43. The highest BCUT2D eigenvalue weighted by Gasteiger charge is 2.19. The molecule has 2 atom stereocenters. The summed E-state index contributed by atoms with van der Waals surface area (Å²) in [4.78, 5) is 0. The van der Waals surface area contributed by atoms with Crippen LogP contribution in [0.15, 0.2) is 0 Å². The Morgan fingerprint density at radius 1 is 1.20 bits per heavy atom. The highest BCUT2D eigenvalue weighted by molar-refractivity contribution is 8.32. The Balaban J connectivity index is 4.11. The Hall–Kier alpha value is -0.0900. The number of rotatable bonds is 2. The fourth-order valence-electron chi connectivity index (χ4n) is 0.748. The molecule has 60 valence electrons. The van der Waals surface area contributed by atoms with Crippen molar-refractivity contribution >= 4 is 10.0 Å². The van der Waals surface area contributed by atoms with E-state index in [0.29, 0.717) is 11.2 Å². The Morgan fingerprint density at radius 2 is 1.60 bits per heavy atom. The SMILES string of the molecule is C#CC(C)[C@@H](C)S(C)(C)C. The van der Waals surface area contributed by atoms with Crippen LogP contribution in [-0.2, 0) is 0 Å². The minimum absolute atomic E-state index is 0.426. The largest absolute Gasteiger partial charge is 0.246 e. The summed E-state index contributed by atoms with van der Waals surface area (Å²) in [5, 5.41) is 0.678. The van der Waals surface area contributed by atoms with Gasteiger partial charge in [0.15, 0.2) is 0 Å². The summed E-state index contributed by atoms with van der Waals surface area (Å²) >= 11 is 0. The third-order valence-corrected chi connectivity index (χ3v) is 4.72. The average molecular weight is 158 g/mol. The topological polar surface area (TPSA) is 0 Å². The van der Waals surface area contributed by atoms with Crippen LogP contribution in [0.4, 0.5) is 0 Å². The molecule has 10 heavy (non-hydrogen) atoms. The molecule has 0 aliphatic heterocycles. The maximum Gasteiger partial charge on any atom is 0.0273 e. The van der Waals surface area contributed by atoms with Gasteiger partial charge < -0.3 is 0 Å². The van der Waals surface area contributed by atoms with Gasteiger partial charge in [0, 0.05) is 5.92 Å². The average Bonchev–Trinajstić information content (AvgIpc) is 1.83. The van der Waals surface area contributed by atoms with Gasteiger partial charge in [0.25, 0.3) is 0 Å². The number of hydrogen-bond donors (Lipinski definition) is 0. The van der Waals surface area contributed by atoms with Gasteiger partial charge in [-0.3, -0.25) is 0 Å². The monoisotopic (exact) mass is 158 g/mol. The Morgan fingerprint density at radius 3 is 1.70 bits per heavy atom. The lowest BCUT2D eigenvalue weighted by atomic mass is 10.1. The first kappa shape index (κ1) is 9.91. The van der Waals surface area contributed by atoms with Gasteiger partial charge in [-0.15, -0.1) is 12.3 Å². The van der Waals surface area contributed by atoms with Gasteiger partial charge in [0.1, 0.15) is 0 Å². The van der Waals surface area contributed by atoms with Crippen molar-refractivity contribution in [1.82, 2.24) is 0 Å². The lowest BCUT2D eigenvalue weighted by Crippen LogP contribution is -2.18. The first-order valence-electron chi connectivity index (χ1n) is 3.53. The molecule has 0 saturated carbocycles. The first-order valence-corrected chi connectivity index (χ1v) is 6.45. The van der Waals surface area contributed by atoms with Gasteiger partial charge in [0.05, 0.1) is 0 Å². The predicted octanol–water partition coefficient (Wildman–Crippen LogP) is 2.34. The zero-order valence-electron chi connectivity index (χ0n) is 7.64. The fourth-order valence-corrected chi connectivity index (χ4v) is 2.05. The summed E-state index contributed by atoms with van der Waals surface area (Å²) in [6.07, 6.45) is 12.3. The molecule has 0 aromatic carbocycles. The molecule has 0 aromatic rings. The molecule has 0 aliphatic carbocycles. The third kappa shape index (κ3) is 2.66. The van der Waals surface area contributed by atoms with Gasteiger partial charge in [-0.05, 0) is 24.0 Å². The predicted molar refractivity (Wildman–Crippen MR) is 52.8 cm³/mol. The molecule has 0 aromatic heterocycles. The van der Waals surface area contributed by atoms with Gasteiger partial charge in [0.2, 0.25) is 0 Å². The maximum atomic E-state index is 5.33. The minimum Gasteiger partial charge on any atom is -0.246 e. The van der Waals surface area contributed by atoms with E-state index in [1.54, 1.807) is 0 Å². The summed E-state index contributed by atoms with van der Waals surface area (Å²) < 4.78 is 0. The van der Waals surface area contributed by atoms with E-state index >= 15 is 0 Å². The van der Waals surface area contributed by atoms with Gasteiger partial charge in [-0.2, -0.15) is 0 Å². The second-order valence-corrected chi connectivity index (χ2v) is 8.20. The molecule has 0 rings (SSSR count). The van der Waals surface area contributed by atoms with Crippen LogP contribution in [-0.4, -0.2) is 24.0 Å². The molecule has 0 heterocycles. The third-order valence-electron chi connectivity index (χ3n) is 2.08. The van der Waals surface area contributed by atoms with Crippen molar-refractivity contribution in [2.24, 2.45) is 5.92 Å². The van der Waals surface area contributed by atoms with Crippen LogP contribution >= 0.6 is 10.0 Å². The molecule has 1 unspecified atom stereocenters. The molecule has 0 amide bonds. The molecule has 0 fully saturated rings. The summed E-state index contributed by atoms with van der Waals surface area (Å²) in [7, 11) is -0.457. The van der Waals surface area contributed by atoms with Crippen LogP contribution in [0.3, 0.4) is 0 Å². The number of terminal acetylenes is 1. The number of hydrogen-bond acceptors (Lipinski definition) is 0. The van der Waals surface area contributed by atoms with Crippen molar-refractivity contribution < 1.29 is 0 Å². The summed E-state index contributed by atoms with van der Waals surface area (Å²) in [6.45, 7) is 4.38. The normalized spacial score (nSPS) is 19.2. The summed E-state index contributed by atoms with van der Waals surface area (Å²) in [5.74, 6) is 3.22. The van der Waals surface area contributed by atoms with E-state index in [1.807, 2.05) is 0 Å². The second kappa shape index (κ2) is 3.34. The van der Waals surface area contributed by atoms with Crippen LogP contribution in [0.2, 0.25) is 0 Å². The van der Waals surface area contributed by atoms with Crippen molar-refractivity contribution in [1.29, 1.82) is 0 Å². The Labute approximate surface area is 66.7 Å². The van der Waals surface area contributed by atoms with Crippen molar-refractivity contribution in [2.45, 2.75) is 19.1 Å². The van der Waals surface area contributed by atoms with E-state index in [4.69, 9.17) is 6.42 Å². The van der Waals surface area contributed by atoms with E-state index in [0.717, 1.165) is 0 Å². The lowest BCUT2D eigenvalue weighted by Gasteiger charge is -2.35.